The standard InChI is InChI=1S/C31H28N3/c1-18-15-24-23-11-8-12-25(32-3)29(23)34-26-17-22(20-9-6-5-7-10-20)16-21-13-14-33(4)31(28(21)26)27(19(18)2)30(24)34/h8,11-17,20H,5-7,9-10H2,1-2,4H3/q+1. The molecule has 0 radical (unpaired) electrons. The molecule has 0 N–H and O–H groups in total. The van der Waals surface area contributed by atoms with Crippen molar-refractivity contribution in [2.45, 2.75) is 51.9 Å². The van der Waals surface area contributed by atoms with Crippen LogP contribution in [0.3, 0.4) is 0 Å². The molecule has 7 rings (SSSR count). The minimum atomic E-state index is 0.630. The lowest BCUT2D eigenvalue weighted by Crippen LogP contribution is -2.29. The molecule has 0 unspecified atom stereocenters. The zero-order valence-electron chi connectivity index (χ0n) is 20.1. The van der Waals surface area contributed by atoms with Crippen molar-refractivity contribution in [1.82, 2.24) is 4.40 Å². The number of hydrogen-bond acceptors (Lipinski definition) is 0. The lowest BCUT2D eigenvalue weighted by Gasteiger charge is -2.23. The van der Waals surface area contributed by atoms with Gasteiger partial charge in [-0.2, -0.15) is 0 Å². The third kappa shape index (κ3) is 2.44. The summed E-state index contributed by atoms with van der Waals surface area (Å²) < 4.78 is 4.73. The Morgan fingerprint density at radius 3 is 2.56 bits per heavy atom. The van der Waals surface area contributed by atoms with E-state index in [1.807, 2.05) is 12.1 Å². The summed E-state index contributed by atoms with van der Waals surface area (Å²) in [4.78, 5) is 3.97. The van der Waals surface area contributed by atoms with Gasteiger partial charge in [-0.05, 0) is 72.2 Å². The Hall–Kier alpha value is -3.64. The van der Waals surface area contributed by atoms with Gasteiger partial charge >= 0.3 is 0 Å². The van der Waals surface area contributed by atoms with Gasteiger partial charge in [0.15, 0.2) is 6.20 Å². The second kappa shape index (κ2) is 6.93. The van der Waals surface area contributed by atoms with E-state index in [1.54, 1.807) is 0 Å². The fraction of sp³-hybridized carbons (Fsp3) is 0.290. The van der Waals surface area contributed by atoms with Crippen LogP contribution < -0.4 is 4.57 Å². The van der Waals surface area contributed by atoms with E-state index in [9.17, 15) is 0 Å². The van der Waals surface area contributed by atoms with Gasteiger partial charge in [0, 0.05) is 11.5 Å². The van der Waals surface area contributed by atoms with E-state index < -0.39 is 0 Å². The highest BCUT2D eigenvalue weighted by Crippen LogP contribution is 2.45. The molecule has 0 aliphatic heterocycles. The molecule has 6 aromatic rings. The summed E-state index contributed by atoms with van der Waals surface area (Å²) in [7, 11) is 2.17. The van der Waals surface area contributed by atoms with Gasteiger partial charge in [0.05, 0.1) is 33.9 Å². The van der Waals surface area contributed by atoms with E-state index in [2.05, 4.69) is 71.2 Å². The van der Waals surface area contributed by atoms with Crippen molar-refractivity contribution in [3.63, 3.8) is 0 Å². The average Bonchev–Trinajstić information content (AvgIpc) is 3.20. The summed E-state index contributed by atoms with van der Waals surface area (Å²) in [5, 5.41) is 6.37. The molecule has 1 fully saturated rings. The minimum Gasteiger partial charge on any atom is -0.317 e. The summed E-state index contributed by atoms with van der Waals surface area (Å²) >= 11 is 0. The van der Waals surface area contributed by atoms with Crippen LogP contribution in [0, 0.1) is 20.4 Å². The highest BCUT2D eigenvalue weighted by molar-refractivity contribution is 6.27. The predicted octanol–water partition coefficient (Wildman–Crippen LogP) is 8.03. The number of hydrogen-bond donors (Lipinski definition) is 0. The van der Waals surface area contributed by atoms with E-state index in [-0.39, 0.29) is 0 Å². The van der Waals surface area contributed by atoms with Crippen LogP contribution in [0.15, 0.2) is 48.7 Å². The van der Waals surface area contributed by atoms with Gasteiger partial charge in [-0.3, -0.25) is 0 Å². The molecule has 166 valence electrons. The molecule has 0 saturated heterocycles. The Bertz CT molecular complexity index is 1820. The third-order valence-corrected chi connectivity index (χ3v) is 8.48. The second-order valence-corrected chi connectivity index (χ2v) is 10.3. The van der Waals surface area contributed by atoms with Crippen molar-refractivity contribution >= 4 is 54.7 Å². The second-order valence-electron chi connectivity index (χ2n) is 10.3. The first kappa shape index (κ1) is 19.8. The van der Waals surface area contributed by atoms with Crippen LogP contribution in [-0.4, -0.2) is 4.40 Å². The van der Waals surface area contributed by atoms with E-state index in [1.165, 1.54) is 92.3 Å². The first-order valence-electron chi connectivity index (χ1n) is 12.5. The maximum absolute atomic E-state index is 7.96. The summed E-state index contributed by atoms with van der Waals surface area (Å²) in [5.74, 6) is 0.630. The van der Waals surface area contributed by atoms with E-state index in [4.69, 9.17) is 6.57 Å². The fourth-order valence-electron chi connectivity index (χ4n) is 6.71. The van der Waals surface area contributed by atoms with Gasteiger partial charge in [-0.25, -0.2) is 9.41 Å². The van der Waals surface area contributed by atoms with Crippen LogP contribution in [-0.2, 0) is 7.05 Å². The summed E-state index contributed by atoms with van der Waals surface area (Å²) in [6, 6.07) is 15.7. The molecule has 3 aromatic heterocycles. The van der Waals surface area contributed by atoms with Crippen molar-refractivity contribution in [3.05, 3.63) is 76.8 Å². The predicted molar refractivity (Wildman–Crippen MR) is 141 cm³/mol. The molecule has 3 nitrogen and oxygen atoms in total. The van der Waals surface area contributed by atoms with E-state index in [0.717, 1.165) is 11.2 Å². The number of nitrogens with zero attached hydrogens (tertiary/aromatic N) is 3. The Labute approximate surface area is 199 Å². The first-order valence-corrected chi connectivity index (χ1v) is 12.5. The molecular weight excluding hydrogens is 414 g/mol. The Balaban J connectivity index is 1.82. The molecule has 0 amide bonds. The highest BCUT2D eigenvalue weighted by Gasteiger charge is 2.27. The monoisotopic (exact) mass is 442 g/mol. The van der Waals surface area contributed by atoms with Gasteiger partial charge in [0.1, 0.15) is 7.05 Å². The number of rotatable bonds is 1. The van der Waals surface area contributed by atoms with Gasteiger partial charge in [0.2, 0.25) is 11.2 Å². The molecule has 3 aromatic carbocycles. The van der Waals surface area contributed by atoms with Crippen molar-refractivity contribution < 1.29 is 4.57 Å². The van der Waals surface area contributed by atoms with Crippen LogP contribution in [0.5, 0.6) is 0 Å². The van der Waals surface area contributed by atoms with Crippen molar-refractivity contribution in [2.24, 2.45) is 7.05 Å². The Morgan fingerprint density at radius 2 is 1.76 bits per heavy atom. The Morgan fingerprint density at radius 1 is 0.941 bits per heavy atom. The number of para-hydroxylation sites is 1. The third-order valence-electron chi connectivity index (χ3n) is 8.48. The van der Waals surface area contributed by atoms with E-state index in [0.29, 0.717) is 5.92 Å². The smallest absolute Gasteiger partial charge is 0.224 e. The number of aryl methyl sites for hydroxylation is 3. The average molecular weight is 443 g/mol. The van der Waals surface area contributed by atoms with E-state index >= 15 is 0 Å². The van der Waals surface area contributed by atoms with Gasteiger partial charge in [-0.15, -0.1) is 0 Å². The van der Waals surface area contributed by atoms with Crippen molar-refractivity contribution in [3.8, 4) is 0 Å². The maximum atomic E-state index is 7.96. The van der Waals surface area contributed by atoms with Gasteiger partial charge in [-0.1, -0.05) is 43.5 Å². The van der Waals surface area contributed by atoms with Gasteiger partial charge < -0.3 is 4.40 Å². The quantitative estimate of drug-likeness (QED) is 0.106. The van der Waals surface area contributed by atoms with Crippen molar-refractivity contribution in [2.75, 3.05) is 0 Å². The number of fused-ring (bicyclic) bond motifs is 5. The number of benzene rings is 3. The minimum absolute atomic E-state index is 0.630. The van der Waals surface area contributed by atoms with Crippen LogP contribution in [0.25, 0.3) is 53.8 Å². The summed E-state index contributed by atoms with van der Waals surface area (Å²) in [6.07, 6.45) is 8.80. The van der Waals surface area contributed by atoms with Gasteiger partial charge in [0.25, 0.3) is 0 Å². The largest absolute Gasteiger partial charge is 0.317 e. The Kier molecular flexibility index (Phi) is 4.04. The molecule has 0 bridgehead atoms. The molecule has 3 heterocycles. The zero-order valence-corrected chi connectivity index (χ0v) is 20.1. The molecule has 1 aliphatic rings. The number of pyridine rings is 2. The van der Waals surface area contributed by atoms with Crippen LogP contribution in [0.4, 0.5) is 5.69 Å². The first-order chi connectivity index (χ1) is 16.6. The highest BCUT2D eigenvalue weighted by atomic mass is 15.0. The molecule has 1 aliphatic carbocycles. The lowest BCUT2D eigenvalue weighted by atomic mass is 9.83. The molecular formula is C31H28N3+. The van der Waals surface area contributed by atoms with Crippen molar-refractivity contribution in [1.29, 1.82) is 0 Å². The van der Waals surface area contributed by atoms with Crippen LogP contribution in [0.2, 0.25) is 0 Å². The number of aromatic nitrogens is 2. The lowest BCUT2D eigenvalue weighted by molar-refractivity contribution is -0.643. The van der Waals surface area contributed by atoms with Crippen LogP contribution in [0.1, 0.15) is 54.7 Å². The normalized spacial score (nSPS) is 15.4. The molecule has 0 spiro atoms. The maximum Gasteiger partial charge on any atom is 0.224 e. The zero-order chi connectivity index (χ0) is 23.1. The molecule has 1 saturated carbocycles. The summed E-state index contributed by atoms with van der Waals surface area (Å²) in [5.41, 5.74) is 9.67. The molecule has 0 atom stereocenters. The summed E-state index contributed by atoms with van der Waals surface area (Å²) in [6.45, 7) is 12.4. The fourth-order valence-corrected chi connectivity index (χ4v) is 6.71. The van der Waals surface area contributed by atoms with Crippen LogP contribution >= 0.6 is 0 Å². The molecule has 3 heteroatoms. The topological polar surface area (TPSA) is 12.6 Å². The molecule has 34 heavy (non-hydrogen) atoms. The SMILES string of the molecule is [C-]#[N+]c1cccc2c3cc(C)c(C)c4c3n(c3cc(C5CCCCC5)cc5cc[n+](C)c4c53)c12.